The Hall–Kier alpha value is 0.883. The topological polar surface area (TPSA) is 0 Å². The summed E-state index contributed by atoms with van der Waals surface area (Å²) in [4.78, 5) is 0. The standard InChI is InChI=1S/C4H9.C3H7.Bi/c1-3-4-2;1-3-2;/h1,3-4H2,2H3;3H,1-2H3;. The van der Waals surface area contributed by atoms with E-state index in [-0.39, 0.29) is 23.2 Å². The first kappa shape index (κ1) is 8.88. The van der Waals surface area contributed by atoms with Crippen LogP contribution in [0.1, 0.15) is 33.6 Å². The average Bonchev–Trinajstić information content (AvgIpc) is 1.66. The maximum absolute atomic E-state index is 2.37. The van der Waals surface area contributed by atoms with Gasteiger partial charge in [0, 0.05) is 0 Å². The first-order chi connectivity index (χ1) is 3.77. The molecule has 0 heterocycles. The fourth-order valence-electron chi connectivity index (χ4n) is 0.508. The molecule has 0 amide bonds. The summed E-state index contributed by atoms with van der Waals surface area (Å²) in [5, 5.41) is 0. The zero-order valence-corrected chi connectivity index (χ0v) is 9.62. The van der Waals surface area contributed by atoms with Gasteiger partial charge in [-0.05, 0) is 0 Å². The number of rotatable bonds is 4. The summed E-state index contributed by atoms with van der Waals surface area (Å²) in [5.41, 5.74) is 0. The maximum atomic E-state index is 2.37. The summed E-state index contributed by atoms with van der Waals surface area (Å²) in [6.07, 6.45) is 2.89. The van der Waals surface area contributed by atoms with Crippen LogP contribution < -0.4 is 0 Å². The Morgan fingerprint density at radius 2 is 2.00 bits per heavy atom. The van der Waals surface area contributed by atoms with Gasteiger partial charge in [0.05, 0.1) is 0 Å². The van der Waals surface area contributed by atoms with Crippen molar-refractivity contribution in [1.82, 2.24) is 0 Å². The molecule has 1 radical (unpaired) electrons. The van der Waals surface area contributed by atoms with Crippen molar-refractivity contribution in [1.29, 1.82) is 0 Å². The second-order valence-electron chi connectivity index (χ2n) is 2.35. The third-order valence-corrected chi connectivity index (χ3v) is 6.08. The minimum absolute atomic E-state index is 0.0125. The molecule has 0 aliphatic carbocycles. The minimum atomic E-state index is 0.0125. The first-order valence-corrected chi connectivity index (χ1v) is 7.90. The third-order valence-electron chi connectivity index (χ3n) is 1.01. The van der Waals surface area contributed by atoms with Gasteiger partial charge in [-0.15, -0.1) is 0 Å². The summed E-state index contributed by atoms with van der Waals surface area (Å²) < 4.78 is 2.69. The van der Waals surface area contributed by atoms with Crippen LogP contribution in [-0.4, -0.2) is 23.2 Å². The van der Waals surface area contributed by atoms with Crippen LogP contribution in [0.25, 0.3) is 0 Å². The summed E-state index contributed by atoms with van der Waals surface area (Å²) in [6, 6.07) is 0. The van der Waals surface area contributed by atoms with E-state index in [0.29, 0.717) is 0 Å². The van der Waals surface area contributed by atoms with Gasteiger partial charge in [0.2, 0.25) is 0 Å². The van der Waals surface area contributed by atoms with Gasteiger partial charge in [0.1, 0.15) is 0 Å². The van der Waals surface area contributed by atoms with Crippen molar-refractivity contribution >= 4 is 23.2 Å². The molecule has 0 rings (SSSR count). The van der Waals surface area contributed by atoms with Crippen LogP contribution in [0, 0.1) is 0 Å². The molecule has 0 unspecified atom stereocenters. The second-order valence-corrected chi connectivity index (χ2v) is 9.53. The summed E-state index contributed by atoms with van der Waals surface area (Å²) in [5.74, 6) is 0. The molecule has 0 fully saturated rings. The molecular formula is C7H16Bi. The Labute approximate surface area is 64.6 Å². The normalized spacial score (nSPS) is 10.5. The van der Waals surface area contributed by atoms with E-state index in [1.807, 2.05) is 0 Å². The van der Waals surface area contributed by atoms with Gasteiger partial charge >= 0.3 is 64.6 Å². The molecule has 0 bridgehead atoms. The molecule has 0 atom stereocenters. The molecular weight excluding hydrogens is 293 g/mol. The van der Waals surface area contributed by atoms with E-state index in [1.165, 1.54) is 12.8 Å². The van der Waals surface area contributed by atoms with Gasteiger partial charge in [0.25, 0.3) is 0 Å². The second kappa shape index (κ2) is 6.01. The Kier molecular flexibility index (Phi) is 6.67. The first-order valence-electron chi connectivity index (χ1n) is 3.44. The van der Waals surface area contributed by atoms with Crippen LogP contribution in [0.5, 0.6) is 0 Å². The average molecular weight is 309 g/mol. The van der Waals surface area contributed by atoms with Crippen LogP contribution >= 0.6 is 0 Å². The van der Waals surface area contributed by atoms with E-state index < -0.39 is 0 Å². The van der Waals surface area contributed by atoms with Crippen molar-refractivity contribution in [2.45, 2.75) is 41.4 Å². The zero-order chi connectivity index (χ0) is 6.41. The predicted molar refractivity (Wildman–Crippen MR) is 40.6 cm³/mol. The molecule has 0 nitrogen and oxygen atoms in total. The van der Waals surface area contributed by atoms with Crippen LogP contribution in [0.2, 0.25) is 7.75 Å². The fourth-order valence-corrected chi connectivity index (χ4v) is 4.45. The molecule has 0 aromatic carbocycles. The molecule has 1 heteroatoms. The van der Waals surface area contributed by atoms with E-state index in [0.717, 1.165) is 3.63 Å². The number of hydrogen-bond donors (Lipinski definition) is 0. The van der Waals surface area contributed by atoms with Gasteiger partial charge in [-0.3, -0.25) is 0 Å². The molecule has 0 aromatic rings. The van der Waals surface area contributed by atoms with Gasteiger partial charge < -0.3 is 0 Å². The Bertz CT molecular complexity index is 41.7. The van der Waals surface area contributed by atoms with E-state index >= 15 is 0 Å². The van der Waals surface area contributed by atoms with Crippen LogP contribution in [0.4, 0.5) is 0 Å². The van der Waals surface area contributed by atoms with Crippen molar-refractivity contribution in [3.8, 4) is 0 Å². The van der Waals surface area contributed by atoms with Gasteiger partial charge in [-0.1, -0.05) is 0 Å². The summed E-state index contributed by atoms with van der Waals surface area (Å²) in [6.45, 7) is 7.01. The molecule has 0 spiro atoms. The monoisotopic (exact) mass is 309 g/mol. The van der Waals surface area contributed by atoms with Crippen LogP contribution in [0.3, 0.4) is 0 Å². The Balaban J connectivity index is 2.72. The van der Waals surface area contributed by atoms with Crippen molar-refractivity contribution in [3.63, 3.8) is 0 Å². The molecule has 8 heavy (non-hydrogen) atoms. The number of hydrogen-bond acceptors (Lipinski definition) is 0. The molecule has 0 aliphatic heterocycles. The van der Waals surface area contributed by atoms with Crippen molar-refractivity contribution in [3.05, 3.63) is 0 Å². The Morgan fingerprint density at radius 3 is 2.38 bits per heavy atom. The molecule has 0 N–H and O–H groups in total. The van der Waals surface area contributed by atoms with E-state index in [1.54, 1.807) is 4.13 Å². The van der Waals surface area contributed by atoms with Crippen molar-refractivity contribution in [2.24, 2.45) is 0 Å². The molecule has 0 aliphatic rings. The molecule has 49 valence electrons. The van der Waals surface area contributed by atoms with Gasteiger partial charge in [0.15, 0.2) is 0 Å². The van der Waals surface area contributed by atoms with Gasteiger partial charge in [-0.2, -0.15) is 0 Å². The summed E-state index contributed by atoms with van der Waals surface area (Å²) >= 11 is 0.0125. The fraction of sp³-hybridized carbons (Fsp3) is 1.00. The van der Waals surface area contributed by atoms with Crippen LogP contribution in [0.15, 0.2) is 0 Å². The SMILES string of the molecule is CCC[CH2][Bi][CH](C)C. The van der Waals surface area contributed by atoms with Crippen molar-refractivity contribution in [2.75, 3.05) is 0 Å². The molecule has 0 saturated carbocycles. The van der Waals surface area contributed by atoms with Crippen molar-refractivity contribution < 1.29 is 0 Å². The Morgan fingerprint density at radius 1 is 1.38 bits per heavy atom. The molecule has 0 saturated heterocycles. The van der Waals surface area contributed by atoms with Crippen LogP contribution in [-0.2, 0) is 0 Å². The quantitative estimate of drug-likeness (QED) is 0.553. The predicted octanol–water partition coefficient (Wildman–Crippen LogP) is 2.74. The zero-order valence-electron chi connectivity index (χ0n) is 6.15. The van der Waals surface area contributed by atoms with Gasteiger partial charge in [-0.25, -0.2) is 0 Å². The van der Waals surface area contributed by atoms with E-state index in [2.05, 4.69) is 20.8 Å². The molecule has 0 aromatic heterocycles. The third kappa shape index (κ3) is 6.88. The van der Waals surface area contributed by atoms with E-state index in [9.17, 15) is 0 Å². The summed E-state index contributed by atoms with van der Waals surface area (Å²) in [7, 11) is 0. The number of unbranched alkanes of at least 4 members (excludes halogenated alkanes) is 1. The van der Waals surface area contributed by atoms with E-state index in [4.69, 9.17) is 0 Å².